The molecule has 3 heteroatoms. The van der Waals surface area contributed by atoms with Gasteiger partial charge in [-0.1, -0.05) is 42.1 Å². The van der Waals surface area contributed by atoms with Gasteiger partial charge >= 0.3 is 0 Å². The number of benzene rings is 1. The van der Waals surface area contributed by atoms with Crippen LogP contribution in [0.25, 0.3) is 0 Å². The summed E-state index contributed by atoms with van der Waals surface area (Å²) in [6.07, 6.45) is 0.0613. The van der Waals surface area contributed by atoms with Crippen LogP contribution in [0.15, 0.2) is 30.3 Å². The second-order valence-corrected chi connectivity index (χ2v) is 3.75. The quantitative estimate of drug-likeness (QED) is 0.717. The van der Waals surface area contributed by atoms with Crippen molar-refractivity contribution < 1.29 is 9.84 Å². The fraction of sp³-hybridized carbons (Fsp3) is 0.333. The number of thioether (sulfide) groups is 1. The van der Waals surface area contributed by atoms with Gasteiger partial charge in [-0.2, -0.15) is 0 Å². The van der Waals surface area contributed by atoms with E-state index in [0.29, 0.717) is 0 Å². The van der Waals surface area contributed by atoms with Gasteiger partial charge < -0.3 is 9.84 Å². The minimum Gasteiger partial charge on any atom is -0.360 e. The van der Waals surface area contributed by atoms with E-state index in [0.717, 1.165) is 11.3 Å². The fourth-order valence-corrected chi connectivity index (χ4v) is 2.05. The Bertz CT molecular complexity index is 250. The topological polar surface area (TPSA) is 29.5 Å². The molecule has 1 fully saturated rings. The summed E-state index contributed by atoms with van der Waals surface area (Å²) in [5, 5.41) is 9.10. The molecule has 1 aromatic carbocycles. The van der Waals surface area contributed by atoms with Crippen molar-refractivity contribution in [2.75, 3.05) is 5.75 Å². The molecule has 1 heterocycles. The minimum atomic E-state index is -0.643. The van der Waals surface area contributed by atoms with Crippen molar-refractivity contribution in [1.29, 1.82) is 0 Å². The Morgan fingerprint density at radius 1 is 1.33 bits per heavy atom. The first-order valence-corrected chi connectivity index (χ1v) is 4.91. The monoisotopic (exact) mass is 182 g/mol. The lowest BCUT2D eigenvalue weighted by Crippen LogP contribution is -2.03. The molecular weight excluding hydrogens is 172 g/mol. The summed E-state index contributed by atoms with van der Waals surface area (Å²) in [5.41, 5.74) is 0.497. The summed E-state index contributed by atoms with van der Waals surface area (Å²) in [4.78, 5) is 0. The predicted octanol–water partition coefficient (Wildman–Crippen LogP) is 1.77. The molecule has 2 atom stereocenters. The van der Waals surface area contributed by atoms with Gasteiger partial charge in [-0.05, 0) is 5.56 Å². The summed E-state index contributed by atoms with van der Waals surface area (Å²) in [6, 6.07) is 9.97. The summed E-state index contributed by atoms with van der Waals surface area (Å²) in [5.74, 6) is 0.838. The summed E-state index contributed by atoms with van der Waals surface area (Å²) >= 11 is 1.43. The zero-order chi connectivity index (χ0) is 8.39. The third-order valence-corrected chi connectivity index (χ3v) is 2.73. The molecule has 0 amide bonds. The van der Waals surface area contributed by atoms with Crippen LogP contribution in [0.4, 0.5) is 0 Å². The van der Waals surface area contributed by atoms with Crippen LogP contribution in [0.3, 0.4) is 0 Å². The highest BCUT2D eigenvalue weighted by Gasteiger charge is 2.24. The van der Waals surface area contributed by atoms with Crippen molar-refractivity contribution in [3.8, 4) is 0 Å². The van der Waals surface area contributed by atoms with E-state index in [1.165, 1.54) is 11.8 Å². The van der Waals surface area contributed by atoms with Gasteiger partial charge in [0.15, 0.2) is 0 Å². The van der Waals surface area contributed by atoms with Crippen LogP contribution in [0.5, 0.6) is 0 Å². The van der Waals surface area contributed by atoms with Gasteiger partial charge in [0.2, 0.25) is 5.62 Å². The molecule has 1 aromatic rings. The van der Waals surface area contributed by atoms with E-state index in [4.69, 9.17) is 9.84 Å². The SMILES string of the molecule is OC1OC(c2ccccc2)CS1. The van der Waals surface area contributed by atoms with Crippen molar-refractivity contribution in [2.24, 2.45) is 0 Å². The largest absolute Gasteiger partial charge is 0.360 e. The van der Waals surface area contributed by atoms with Crippen molar-refractivity contribution in [1.82, 2.24) is 0 Å². The second-order valence-electron chi connectivity index (χ2n) is 2.68. The predicted molar refractivity (Wildman–Crippen MR) is 48.7 cm³/mol. The molecule has 64 valence electrons. The van der Waals surface area contributed by atoms with Crippen LogP contribution in [-0.4, -0.2) is 16.5 Å². The van der Waals surface area contributed by atoms with Crippen LogP contribution >= 0.6 is 11.8 Å². The van der Waals surface area contributed by atoms with Gasteiger partial charge in [0.05, 0.1) is 6.10 Å². The summed E-state index contributed by atoms with van der Waals surface area (Å²) < 4.78 is 5.27. The maximum Gasteiger partial charge on any atom is 0.205 e. The molecule has 0 radical (unpaired) electrons. The van der Waals surface area contributed by atoms with Crippen molar-refractivity contribution in [3.63, 3.8) is 0 Å². The molecule has 1 aliphatic heterocycles. The molecule has 12 heavy (non-hydrogen) atoms. The fourth-order valence-electron chi connectivity index (χ4n) is 1.23. The molecule has 0 aliphatic carbocycles. The Hall–Kier alpha value is -0.510. The van der Waals surface area contributed by atoms with E-state index in [2.05, 4.69) is 0 Å². The third-order valence-electron chi connectivity index (χ3n) is 1.84. The lowest BCUT2D eigenvalue weighted by molar-refractivity contribution is -0.0556. The van der Waals surface area contributed by atoms with Gasteiger partial charge in [-0.3, -0.25) is 0 Å². The maximum absolute atomic E-state index is 9.10. The number of aliphatic hydroxyl groups is 1. The average molecular weight is 182 g/mol. The summed E-state index contributed by atoms with van der Waals surface area (Å²) in [7, 11) is 0. The Balaban J connectivity index is 2.11. The highest BCUT2D eigenvalue weighted by molar-refractivity contribution is 7.99. The van der Waals surface area contributed by atoms with Gasteiger partial charge in [-0.25, -0.2) is 0 Å². The normalized spacial score (nSPS) is 29.1. The first kappa shape index (κ1) is 8.10. The van der Waals surface area contributed by atoms with Crippen LogP contribution in [0, 0.1) is 0 Å². The lowest BCUT2D eigenvalue weighted by atomic mass is 10.1. The highest BCUT2D eigenvalue weighted by atomic mass is 32.2. The van der Waals surface area contributed by atoms with E-state index in [9.17, 15) is 0 Å². The zero-order valence-electron chi connectivity index (χ0n) is 6.51. The Kier molecular flexibility index (Phi) is 2.35. The van der Waals surface area contributed by atoms with Crippen LogP contribution in [0.1, 0.15) is 11.7 Å². The minimum absolute atomic E-state index is 0.0613. The van der Waals surface area contributed by atoms with Gasteiger partial charge in [0.25, 0.3) is 0 Å². The standard InChI is InChI=1S/C9H10O2S/c10-9-11-8(6-12-9)7-4-2-1-3-5-7/h1-5,8-10H,6H2. The summed E-state index contributed by atoms with van der Waals surface area (Å²) in [6.45, 7) is 0. The molecule has 2 unspecified atom stereocenters. The molecule has 0 aromatic heterocycles. The average Bonchev–Trinajstić information content (AvgIpc) is 2.54. The molecule has 1 N–H and O–H groups in total. The van der Waals surface area contributed by atoms with Gasteiger partial charge in [0.1, 0.15) is 0 Å². The number of rotatable bonds is 1. The highest BCUT2D eigenvalue weighted by Crippen LogP contribution is 2.33. The lowest BCUT2D eigenvalue weighted by Gasteiger charge is -2.08. The molecule has 1 aliphatic rings. The molecule has 0 bridgehead atoms. The maximum atomic E-state index is 9.10. The van der Waals surface area contributed by atoms with E-state index in [-0.39, 0.29) is 6.10 Å². The molecule has 2 nitrogen and oxygen atoms in total. The first-order chi connectivity index (χ1) is 5.86. The molecule has 2 rings (SSSR count). The molecule has 1 saturated heterocycles. The number of ether oxygens (including phenoxy) is 1. The number of hydrogen-bond donors (Lipinski definition) is 1. The van der Waals surface area contributed by atoms with E-state index in [1.54, 1.807) is 0 Å². The molecular formula is C9H10O2S. The number of aliphatic hydroxyl groups excluding tert-OH is 1. The van der Waals surface area contributed by atoms with Gasteiger partial charge in [0, 0.05) is 5.75 Å². The Morgan fingerprint density at radius 2 is 2.08 bits per heavy atom. The van der Waals surface area contributed by atoms with Gasteiger partial charge in [-0.15, -0.1) is 0 Å². The smallest absolute Gasteiger partial charge is 0.205 e. The molecule has 0 spiro atoms. The van der Waals surface area contributed by atoms with E-state index >= 15 is 0 Å². The Morgan fingerprint density at radius 3 is 2.67 bits per heavy atom. The van der Waals surface area contributed by atoms with Crippen molar-refractivity contribution in [2.45, 2.75) is 11.7 Å². The first-order valence-electron chi connectivity index (χ1n) is 3.86. The van der Waals surface area contributed by atoms with Crippen LogP contribution in [0.2, 0.25) is 0 Å². The van der Waals surface area contributed by atoms with Crippen molar-refractivity contribution in [3.05, 3.63) is 35.9 Å². The third kappa shape index (κ3) is 1.63. The van der Waals surface area contributed by atoms with Crippen LogP contribution < -0.4 is 0 Å². The Labute approximate surface area is 75.6 Å². The van der Waals surface area contributed by atoms with E-state index in [1.807, 2.05) is 30.3 Å². The van der Waals surface area contributed by atoms with E-state index < -0.39 is 5.62 Å². The van der Waals surface area contributed by atoms with Crippen molar-refractivity contribution >= 4 is 11.8 Å². The number of hydrogen-bond acceptors (Lipinski definition) is 3. The van der Waals surface area contributed by atoms with Crippen LogP contribution in [-0.2, 0) is 4.74 Å². The molecule has 0 saturated carbocycles. The zero-order valence-corrected chi connectivity index (χ0v) is 7.33. The second kappa shape index (κ2) is 3.47.